The van der Waals surface area contributed by atoms with Crippen LogP contribution in [0, 0.1) is 0 Å². The van der Waals surface area contributed by atoms with Gasteiger partial charge in [0, 0.05) is 38.0 Å². The Bertz CT molecular complexity index is 835. The van der Waals surface area contributed by atoms with Gasteiger partial charge >= 0.3 is 0 Å². The Morgan fingerprint density at radius 2 is 1.86 bits per heavy atom. The summed E-state index contributed by atoms with van der Waals surface area (Å²) in [6.45, 7) is 6.27. The number of hydrogen-bond acceptors (Lipinski definition) is 4. The summed E-state index contributed by atoms with van der Waals surface area (Å²) >= 11 is 1.76. The first-order valence-electron chi connectivity index (χ1n) is 8.91. The average molecular weight is 537 g/mol. The summed E-state index contributed by atoms with van der Waals surface area (Å²) in [6.07, 6.45) is 0. The normalized spacial score (nSPS) is 13.1. The molecule has 9 heteroatoms. The molecule has 156 valence electrons. The molecule has 0 spiro atoms. The monoisotopic (exact) mass is 536 g/mol. The van der Waals surface area contributed by atoms with E-state index in [1.807, 2.05) is 6.92 Å². The molecule has 1 heterocycles. The maximum absolute atomic E-state index is 12.1. The van der Waals surface area contributed by atoms with Gasteiger partial charge in [0.25, 0.3) is 0 Å². The van der Waals surface area contributed by atoms with E-state index in [0.717, 1.165) is 24.6 Å². The van der Waals surface area contributed by atoms with Crippen molar-refractivity contribution in [2.45, 2.75) is 31.2 Å². The Morgan fingerprint density at radius 3 is 2.39 bits per heavy atom. The van der Waals surface area contributed by atoms with Crippen LogP contribution in [0.25, 0.3) is 0 Å². The smallest absolute Gasteiger partial charge is 0.242 e. The Balaban J connectivity index is 0.00000392. The quantitative estimate of drug-likeness (QED) is 0.308. The number of hydrogen-bond donors (Lipinski definition) is 2. The summed E-state index contributed by atoms with van der Waals surface area (Å²) in [5.41, 5.74) is 0.955. The van der Waals surface area contributed by atoms with E-state index in [9.17, 15) is 8.42 Å². The molecule has 0 saturated heterocycles. The first-order chi connectivity index (χ1) is 12.8. The molecule has 1 atom stereocenters. The maximum Gasteiger partial charge on any atom is 0.242 e. The van der Waals surface area contributed by atoms with Gasteiger partial charge in [-0.1, -0.05) is 25.1 Å². The lowest BCUT2D eigenvalue weighted by Gasteiger charge is -2.15. The fraction of sp³-hybridized carbons (Fsp3) is 0.421. The Labute approximate surface area is 189 Å². The van der Waals surface area contributed by atoms with Crippen LogP contribution in [0.5, 0.6) is 0 Å². The van der Waals surface area contributed by atoms with E-state index in [0.29, 0.717) is 12.5 Å². The van der Waals surface area contributed by atoms with Gasteiger partial charge in [0.1, 0.15) is 0 Å². The van der Waals surface area contributed by atoms with Crippen LogP contribution in [0.3, 0.4) is 0 Å². The zero-order valence-electron chi connectivity index (χ0n) is 16.7. The van der Waals surface area contributed by atoms with E-state index in [1.54, 1.807) is 35.6 Å². The van der Waals surface area contributed by atoms with Crippen LogP contribution in [-0.2, 0) is 16.6 Å². The lowest BCUT2D eigenvalue weighted by molar-refractivity contribution is 0.520. The van der Waals surface area contributed by atoms with Crippen LogP contribution < -0.4 is 10.6 Å². The summed E-state index contributed by atoms with van der Waals surface area (Å²) in [4.78, 5) is 6.23. The molecule has 6 nitrogen and oxygen atoms in total. The molecule has 2 N–H and O–H groups in total. The predicted molar refractivity (Wildman–Crippen MR) is 128 cm³/mol. The highest BCUT2D eigenvalue weighted by molar-refractivity contribution is 14.0. The van der Waals surface area contributed by atoms with Gasteiger partial charge in [-0.05, 0) is 36.1 Å². The molecule has 0 amide bonds. The van der Waals surface area contributed by atoms with Crippen LogP contribution in [0.4, 0.5) is 0 Å². The van der Waals surface area contributed by atoms with Gasteiger partial charge in [-0.25, -0.2) is 17.7 Å². The van der Waals surface area contributed by atoms with Gasteiger partial charge in [0.15, 0.2) is 5.96 Å². The van der Waals surface area contributed by atoms with Crippen molar-refractivity contribution >= 4 is 51.3 Å². The lowest BCUT2D eigenvalue weighted by atomic mass is 10.1. The van der Waals surface area contributed by atoms with Crippen molar-refractivity contribution in [3.63, 3.8) is 0 Å². The van der Waals surface area contributed by atoms with Crippen LogP contribution in [0.2, 0.25) is 0 Å². The number of benzene rings is 1. The highest BCUT2D eigenvalue weighted by atomic mass is 127. The third kappa shape index (κ3) is 7.02. The highest BCUT2D eigenvalue weighted by Gasteiger charge is 2.16. The Hall–Kier alpha value is -1.17. The van der Waals surface area contributed by atoms with E-state index in [4.69, 9.17) is 0 Å². The van der Waals surface area contributed by atoms with Crippen LogP contribution in [0.15, 0.2) is 51.7 Å². The number of thiophene rings is 1. The third-order valence-electron chi connectivity index (χ3n) is 4.07. The molecule has 1 aromatic carbocycles. The number of halogens is 1. The van der Waals surface area contributed by atoms with Gasteiger partial charge in [-0.2, -0.15) is 0 Å². The van der Waals surface area contributed by atoms with Crippen molar-refractivity contribution in [1.29, 1.82) is 0 Å². The first-order valence-corrected chi connectivity index (χ1v) is 11.2. The second-order valence-electron chi connectivity index (χ2n) is 6.42. The third-order valence-corrected chi connectivity index (χ3v) is 7.00. The summed E-state index contributed by atoms with van der Waals surface area (Å²) < 4.78 is 25.5. The van der Waals surface area contributed by atoms with Crippen LogP contribution >= 0.6 is 35.3 Å². The van der Waals surface area contributed by atoms with E-state index in [-0.39, 0.29) is 28.9 Å². The molecule has 0 radical (unpaired) electrons. The van der Waals surface area contributed by atoms with E-state index in [2.05, 4.69) is 40.1 Å². The van der Waals surface area contributed by atoms with Crippen molar-refractivity contribution in [3.8, 4) is 0 Å². The largest absolute Gasteiger partial charge is 0.357 e. The number of nitrogens with zero attached hydrogens (tertiary/aromatic N) is 2. The Morgan fingerprint density at radius 1 is 1.18 bits per heavy atom. The van der Waals surface area contributed by atoms with Crippen LogP contribution in [-0.4, -0.2) is 45.9 Å². The van der Waals surface area contributed by atoms with E-state index < -0.39 is 10.0 Å². The lowest BCUT2D eigenvalue weighted by Crippen LogP contribution is -2.39. The molecule has 2 rings (SSSR count). The number of aliphatic imine (C=N–C) groups is 1. The molecule has 1 unspecified atom stereocenters. The Kier molecular flexibility index (Phi) is 10.4. The molecule has 0 fully saturated rings. The highest BCUT2D eigenvalue weighted by Crippen LogP contribution is 2.19. The van der Waals surface area contributed by atoms with Crippen molar-refractivity contribution in [3.05, 3.63) is 52.2 Å². The van der Waals surface area contributed by atoms with Gasteiger partial charge < -0.3 is 10.6 Å². The fourth-order valence-corrected chi connectivity index (χ4v) is 4.10. The van der Waals surface area contributed by atoms with Gasteiger partial charge in [0.2, 0.25) is 10.0 Å². The summed E-state index contributed by atoms with van der Waals surface area (Å²) in [5, 5.41) is 8.70. The topological polar surface area (TPSA) is 73.8 Å². The molecule has 0 aliphatic heterocycles. The van der Waals surface area contributed by atoms with Crippen molar-refractivity contribution in [1.82, 2.24) is 14.9 Å². The van der Waals surface area contributed by atoms with E-state index in [1.165, 1.54) is 23.3 Å². The first kappa shape index (κ1) is 24.9. The number of sulfonamides is 1. The second-order valence-corrected chi connectivity index (χ2v) is 9.56. The van der Waals surface area contributed by atoms with Gasteiger partial charge in [0.05, 0.1) is 11.4 Å². The number of rotatable bonds is 8. The molecule has 0 aliphatic carbocycles. The number of guanidine groups is 1. The molecule has 28 heavy (non-hydrogen) atoms. The zero-order valence-corrected chi connectivity index (χ0v) is 20.6. The molecule has 2 aromatic rings. The molecule has 1 aromatic heterocycles. The minimum absolute atomic E-state index is 0. The van der Waals surface area contributed by atoms with Crippen molar-refractivity contribution < 1.29 is 8.42 Å². The van der Waals surface area contributed by atoms with Crippen molar-refractivity contribution in [2.24, 2.45) is 4.99 Å². The van der Waals surface area contributed by atoms with Gasteiger partial charge in [-0.3, -0.25) is 0 Å². The molecular formula is C19H29IN4O2S2. The molecule has 0 bridgehead atoms. The predicted octanol–water partition coefficient (Wildman–Crippen LogP) is 3.48. The molecule has 0 saturated carbocycles. The zero-order chi connectivity index (χ0) is 19.9. The molecular weight excluding hydrogens is 507 g/mol. The summed E-state index contributed by atoms with van der Waals surface area (Å²) in [6, 6.07) is 11.1. The average Bonchev–Trinajstić information content (AvgIpc) is 3.19. The van der Waals surface area contributed by atoms with Crippen molar-refractivity contribution in [2.75, 3.05) is 27.2 Å². The number of nitrogens with one attached hydrogen (secondary N) is 2. The van der Waals surface area contributed by atoms with E-state index >= 15 is 0 Å². The van der Waals surface area contributed by atoms with Crippen LogP contribution in [0.1, 0.15) is 30.2 Å². The minimum Gasteiger partial charge on any atom is -0.357 e. The standard InChI is InChI=1S/C19H28N4O2S2.HI/c1-5-20-19(21-13-15(2)18-7-6-12-26-18)22-14-16-8-10-17(11-9-16)27(24,25)23(3)4;/h6-12,15H,5,13-14H2,1-4H3,(H2,20,21,22);1H. The fourth-order valence-electron chi connectivity index (χ4n) is 2.41. The second kappa shape index (κ2) is 11.7. The summed E-state index contributed by atoms with van der Waals surface area (Å²) in [7, 11) is -0.346. The SMILES string of the molecule is CCNC(=NCc1ccc(S(=O)(=O)N(C)C)cc1)NCC(C)c1cccs1.I. The van der Waals surface area contributed by atoms with Gasteiger partial charge in [-0.15, -0.1) is 35.3 Å². The summed E-state index contributed by atoms with van der Waals surface area (Å²) in [5.74, 6) is 1.16. The maximum atomic E-state index is 12.1. The molecule has 0 aliphatic rings. The minimum atomic E-state index is -3.40.